The maximum absolute atomic E-state index is 13.2. The van der Waals surface area contributed by atoms with Gasteiger partial charge in [0.05, 0.1) is 25.2 Å². The van der Waals surface area contributed by atoms with Gasteiger partial charge in [0.15, 0.2) is 0 Å². The molecule has 0 aromatic heterocycles. The van der Waals surface area contributed by atoms with Crippen molar-refractivity contribution in [1.82, 2.24) is 5.32 Å². The number of carbonyl (C=O) groups is 2. The van der Waals surface area contributed by atoms with E-state index in [0.29, 0.717) is 19.3 Å². The Balaban J connectivity index is 4.50. The molecule has 382 valence electrons. The predicted octanol–water partition coefficient (Wildman–Crippen LogP) is 17.6. The van der Waals surface area contributed by atoms with Crippen molar-refractivity contribution in [3.8, 4) is 0 Å². The number of allylic oxidation sites excluding steroid dienone is 6. The first-order chi connectivity index (χ1) is 32.0. The minimum absolute atomic E-state index is 0.0766. The van der Waals surface area contributed by atoms with Crippen LogP contribution in [0.15, 0.2) is 36.5 Å². The molecule has 0 aromatic carbocycles. The minimum Gasteiger partial charge on any atom is -0.462 e. The number of carbonyl (C=O) groups excluding carboxylic acids is 2. The first-order valence-electron chi connectivity index (χ1n) is 28.7. The van der Waals surface area contributed by atoms with Crippen molar-refractivity contribution in [2.45, 2.75) is 322 Å². The molecule has 3 unspecified atom stereocenters. The zero-order chi connectivity index (χ0) is 47.4. The molecule has 6 nitrogen and oxygen atoms in total. The van der Waals surface area contributed by atoms with Crippen LogP contribution in [0.4, 0.5) is 0 Å². The molecule has 0 saturated heterocycles. The van der Waals surface area contributed by atoms with Crippen LogP contribution in [-0.2, 0) is 14.3 Å². The van der Waals surface area contributed by atoms with Crippen molar-refractivity contribution in [3.05, 3.63) is 36.5 Å². The fraction of sp³-hybridized carbons (Fsp3) is 0.864. The normalized spacial score (nSPS) is 13.4. The van der Waals surface area contributed by atoms with Gasteiger partial charge < -0.3 is 20.3 Å². The van der Waals surface area contributed by atoms with Gasteiger partial charge >= 0.3 is 5.97 Å². The van der Waals surface area contributed by atoms with Crippen LogP contribution in [0.2, 0.25) is 0 Å². The Kier molecular flexibility index (Phi) is 51.5. The van der Waals surface area contributed by atoms with Gasteiger partial charge in [-0.05, 0) is 64.2 Å². The highest BCUT2D eigenvalue weighted by Crippen LogP contribution is 2.19. The molecule has 65 heavy (non-hydrogen) atoms. The maximum atomic E-state index is 13.2. The van der Waals surface area contributed by atoms with E-state index < -0.39 is 18.2 Å². The molecule has 0 spiro atoms. The fourth-order valence-corrected chi connectivity index (χ4v) is 8.85. The molecule has 3 atom stereocenters. The minimum atomic E-state index is -0.787. The summed E-state index contributed by atoms with van der Waals surface area (Å²) < 4.78 is 5.95. The predicted molar refractivity (Wildman–Crippen MR) is 282 cm³/mol. The molecule has 0 fully saturated rings. The molecule has 1 amide bonds. The molecule has 0 aliphatic carbocycles. The monoisotopic (exact) mass is 914 g/mol. The van der Waals surface area contributed by atoms with Crippen LogP contribution in [0, 0.1) is 0 Å². The SMILES string of the molecule is CCCCC/C=C\C/C=C\C/C=C\CCCCCCCCC(=O)OC(CCCCCCCCCCCCCC)CC(=O)NC(CO)C(O)CCCCCCCCCCCCCCCCC. The van der Waals surface area contributed by atoms with E-state index in [4.69, 9.17) is 4.74 Å². The Morgan fingerprint density at radius 1 is 0.446 bits per heavy atom. The van der Waals surface area contributed by atoms with E-state index in [2.05, 4.69) is 62.5 Å². The zero-order valence-corrected chi connectivity index (χ0v) is 43.6. The molecule has 0 aliphatic rings. The van der Waals surface area contributed by atoms with Gasteiger partial charge in [0.25, 0.3) is 0 Å². The Morgan fingerprint density at radius 3 is 1.22 bits per heavy atom. The maximum Gasteiger partial charge on any atom is 0.306 e. The lowest BCUT2D eigenvalue weighted by molar-refractivity contribution is -0.151. The Labute approximate surface area is 404 Å². The molecule has 6 heteroatoms. The van der Waals surface area contributed by atoms with Crippen LogP contribution in [0.1, 0.15) is 303 Å². The number of ether oxygens (including phenoxy) is 1. The summed E-state index contributed by atoms with van der Waals surface area (Å²) in [6.07, 6.45) is 63.5. The highest BCUT2D eigenvalue weighted by molar-refractivity contribution is 5.77. The molecule has 0 rings (SSSR count). The standard InChI is InChI=1S/C59H111NO5/c1-4-7-10-13-16-19-22-25-27-28-29-30-32-34-37-40-43-46-49-52-59(64)65-55(50-47-44-41-38-35-24-21-18-15-12-9-6-3)53-58(63)60-56(54-61)57(62)51-48-45-42-39-36-33-31-26-23-20-17-14-11-8-5-2/h16,19,25,27,29-30,55-57,61-62H,4-15,17-18,20-24,26,28,31-54H2,1-3H3,(H,60,63)/b19-16-,27-25-,30-29-. The summed E-state index contributed by atoms with van der Waals surface area (Å²) in [5, 5.41) is 23.9. The van der Waals surface area contributed by atoms with Gasteiger partial charge in [0.2, 0.25) is 5.91 Å². The number of hydrogen-bond donors (Lipinski definition) is 3. The molecular formula is C59H111NO5. The highest BCUT2D eigenvalue weighted by atomic mass is 16.5. The molecular weight excluding hydrogens is 803 g/mol. The topological polar surface area (TPSA) is 95.9 Å². The largest absolute Gasteiger partial charge is 0.462 e. The zero-order valence-electron chi connectivity index (χ0n) is 43.6. The number of unbranched alkanes of at least 4 members (excludes halogenated alkanes) is 34. The third kappa shape index (κ3) is 48.3. The van der Waals surface area contributed by atoms with Gasteiger partial charge in [0.1, 0.15) is 6.10 Å². The van der Waals surface area contributed by atoms with Crippen molar-refractivity contribution < 1.29 is 24.5 Å². The summed E-state index contributed by atoms with van der Waals surface area (Å²) in [7, 11) is 0. The average Bonchev–Trinajstić information content (AvgIpc) is 3.30. The number of esters is 1. The van der Waals surface area contributed by atoms with Gasteiger partial charge in [-0.1, -0.05) is 263 Å². The van der Waals surface area contributed by atoms with Crippen LogP contribution in [-0.4, -0.2) is 46.9 Å². The fourth-order valence-electron chi connectivity index (χ4n) is 8.85. The van der Waals surface area contributed by atoms with Gasteiger partial charge in [0, 0.05) is 6.42 Å². The van der Waals surface area contributed by atoms with E-state index in [1.807, 2.05) is 0 Å². The van der Waals surface area contributed by atoms with E-state index in [1.54, 1.807) is 0 Å². The van der Waals surface area contributed by atoms with Crippen LogP contribution in [0.25, 0.3) is 0 Å². The first-order valence-corrected chi connectivity index (χ1v) is 28.7. The van der Waals surface area contributed by atoms with E-state index in [0.717, 1.165) is 64.2 Å². The smallest absolute Gasteiger partial charge is 0.306 e. The molecule has 0 bridgehead atoms. The van der Waals surface area contributed by atoms with E-state index in [-0.39, 0.29) is 24.9 Å². The number of amides is 1. The van der Waals surface area contributed by atoms with Crippen LogP contribution < -0.4 is 5.32 Å². The molecule has 0 heterocycles. The summed E-state index contributed by atoms with van der Waals surface area (Å²) in [5.74, 6) is -0.473. The lowest BCUT2D eigenvalue weighted by atomic mass is 10.0. The van der Waals surface area contributed by atoms with Gasteiger partial charge in [-0.2, -0.15) is 0 Å². The molecule has 0 aromatic rings. The third-order valence-electron chi connectivity index (χ3n) is 13.2. The number of nitrogens with one attached hydrogen (secondary N) is 1. The van der Waals surface area contributed by atoms with Gasteiger partial charge in [-0.25, -0.2) is 0 Å². The molecule has 0 radical (unpaired) electrons. The van der Waals surface area contributed by atoms with Crippen LogP contribution in [0.3, 0.4) is 0 Å². The van der Waals surface area contributed by atoms with Gasteiger partial charge in [-0.3, -0.25) is 9.59 Å². The van der Waals surface area contributed by atoms with Gasteiger partial charge in [-0.15, -0.1) is 0 Å². The second kappa shape index (κ2) is 53.0. The summed E-state index contributed by atoms with van der Waals surface area (Å²) in [6.45, 7) is 6.48. The number of rotatable bonds is 52. The molecule has 3 N–H and O–H groups in total. The average molecular weight is 915 g/mol. The lowest BCUT2D eigenvalue weighted by Crippen LogP contribution is -2.46. The lowest BCUT2D eigenvalue weighted by Gasteiger charge is -2.24. The molecule has 0 saturated carbocycles. The van der Waals surface area contributed by atoms with Crippen molar-refractivity contribution in [2.24, 2.45) is 0 Å². The van der Waals surface area contributed by atoms with E-state index in [9.17, 15) is 19.8 Å². The van der Waals surface area contributed by atoms with Crippen molar-refractivity contribution in [1.29, 1.82) is 0 Å². The number of aliphatic hydroxyl groups is 2. The van der Waals surface area contributed by atoms with E-state index in [1.165, 1.54) is 193 Å². The summed E-state index contributed by atoms with van der Waals surface area (Å²) in [6, 6.07) is -0.701. The molecule has 0 aliphatic heterocycles. The van der Waals surface area contributed by atoms with Crippen LogP contribution in [0.5, 0.6) is 0 Å². The summed E-state index contributed by atoms with van der Waals surface area (Å²) >= 11 is 0. The van der Waals surface area contributed by atoms with Crippen LogP contribution >= 0.6 is 0 Å². The second-order valence-corrected chi connectivity index (χ2v) is 19.7. The van der Waals surface area contributed by atoms with Crippen molar-refractivity contribution >= 4 is 11.9 Å². The third-order valence-corrected chi connectivity index (χ3v) is 13.2. The Morgan fingerprint density at radius 2 is 0.785 bits per heavy atom. The first kappa shape index (κ1) is 63.1. The van der Waals surface area contributed by atoms with Crippen molar-refractivity contribution in [2.75, 3.05) is 6.61 Å². The number of hydrogen-bond acceptors (Lipinski definition) is 5. The highest BCUT2D eigenvalue weighted by Gasteiger charge is 2.24. The summed E-state index contributed by atoms with van der Waals surface area (Å²) in [4.78, 5) is 26.2. The number of aliphatic hydroxyl groups excluding tert-OH is 2. The Bertz CT molecular complexity index is 1070. The Hall–Kier alpha value is -1.92. The second-order valence-electron chi connectivity index (χ2n) is 19.7. The summed E-state index contributed by atoms with van der Waals surface area (Å²) in [5.41, 5.74) is 0. The quantitative estimate of drug-likeness (QED) is 0.0321. The van der Waals surface area contributed by atoms with Crippen molar-refractivity contribution in [3.63, 3.8) is 0 Å². The van der Waals surface area contributed by atoms with E-state index >= 15 is 0 Å².